The highest BCUT2D eigenvalue weighted by atomic mass is 19.4. The number of carboxylic acid groups (broad SMARTS) is 2. The number of rotatable bonds is 4. The third kappa shape index (κ3) is 8.25. The number of pyridine rings is 1. The molecule has 0 spiro atoms. The Bertz CT molecular complexity index is 1540. The fraction of sp³-hybridized carbons (Fsp3) is 0.182. The zero-order valence-corrected chi connectivity index (χ0v) is 19.5. The Labute approximate surface area is 218 Å². The smallest absolute Gasteiger partial charge is 0.475 e. The third-order valence-electron chi connectivity index (χ3n) is 4.59. The molecule has 0 fully saturated rings. The summed E-state index contributed by atoms with van der Waals surface area (Å²) in [7, 11) is 0. The van der Waals surface area contributed by atoms with Crippen LogP contribution in [0.2, 0.25) is 0 Å². The molecule has 0 saturated heterocycles. The number of alkyl halides is 6. The monoisotopic (exact) mass is 568 g/mol. The fourth-order valence-electron chi connectivity index (χ4n) is 2.88. The highest BCUT2D eigenvalue weighted by Crippen LogP contribution is 2.27. The van der Waals surface area contributed by atoms with Crippen LogP contribution >= 0.6 is 0 Å². The second-order valence-electron chi connectivity index (χ2n) is 7.27. The molecule has 208 valence electrons. The van der Waals surface area contributed by atoms with Crippen molar-refractivity contribution in [2.75, 3.05) is 0 Å². The molecule has 4 aromatic heterocycles. The molecular weight excluding hydrogens is 554 g/mol. The van der Waals surface area contributed by atoms with Crippen LogP contribution in [-0.2, 0) is 9.59 Å². The average molecular weight is 568 g/mol. The number of H-pyrrole nitrogens is 1. The molecule has 0 radical (unpaired) electrons. The number of aromatic amines is 1. The first-order chi connectivity index (χ1) is 18.7. The molecule has 40 heavy (non-hydrogen) atoms. The van der Waals surface area contributed by atoms with Gasteiger partial charge in [-0.15, -0.1) is 0 Å². The standard InChI is InChI=1S/C18H12N8.2C2HF3O2/c19-3-1-16(13-5-12(6-20)7-21-8-13)26-10-14(9-25-26)17-15-2-4-22-18(15)24-11-23-17;2*3-2(4,5)1(6)7/h2,4-5,7-11,16H,1H2,(H,22,23,24);2*(H,6,7). The van der Waals surface area contributed by atoms with E-state index in [0.717, 1.165) is 27.9 Å². The molecule has 0 saturated carbocycles. The van der Waals surface area contributed by atoms with Gasteiger partial charge in [0.05, 0.1) is 36.0 Å². The van der Waals surface area contributed by atoms with Crippen molar-refractivity contribution in [2.45, 2.75) is 24.8 Å². The largest absolute Gasteiger partial charge is 0.490 e. The highest BCUT2D eigenvalue weighted by molar-refractivity contribution is 5.90. The number of carbonyl (C=O) groups is 2. The number of nitriles is 2. The number of fused-ring (bicyclic) bond motifs is 1. The number of nitrogens with zero attached hydrogens (tertiary/aromatic N) is 7. The molecule has 0 bridgehead atoms. The maximum Gasteiger partial charge on any atom is 0.490 e. The zero-order chi connectivity index (χ0) is 30.1. The van der Waals surface area contributed by atoms with Crippen LogP contribution in [0.15, 0.2) is 49.4 Å². The summed E-state index contributed by atoms with van der Waals surface area (Å²) in [6.45, 7) is 0. The normalized spacial score (nSPS) is 11.6. The van der Waals surface area contributed by atoms with E-state index in [1.54, 1.807) is 23.1 Å². The van der Waals surface area contributed by atoms with E-state index in [4.69, 9.17) is 25.1 Å². The van der Waals surface area contributed by atoms with E-state index in [2.05, 4.69) is 37.2 Å². The van der Waals surface area contributed by atoms with Gasteiger partial charge in [-0.1, -0.05) is 0 Å². The molecule has 0 aliphatic carbocycles. The number of carboxylic acids is 2. The topological polar surface area (TPSA) is 194 Å². The van der Waals surface area contributed by atoms with Gasteiger partial charge < -0.3 is 15.2 Å². The Morgan fingerprint density at radius 2 is 1.65 bits per heavy atom. The van der Waals surface area contributed by atoms with Gasteiger partial charge in [-0.05, 0) is 17.7 Å². The maximum absolute atomic E-state index is 10.6. The van der Waals surface area contributed by atoms with Gasteiger partial charge in [-0.3, -0.25) is 9.67 Å². The molecule has 0 aliphatic heterocycles. The van der Waals surface area contributed by atoms with E-state index in [1.807, 2.05) is 18.5 Å². The van der Waals surface area contributed by atoms with Crippen LogP contribution in [0.5, 0.6) is 0 Å². The first kappa shape index (κ1) is 30.7. The summed E-state index contributed by atoms with van der Waals surface area (Å²) in [4.78, 5) is 33.5. The van der Waals surface area contributed by atoms with E-state index in [9.17, 15) is 31.6 Å². The summed E-state index contributed by atoms with van der Waals surface area (Å²) >= 11 is 0. The van der Waals surface area contributed by atoms with Crippen molar-refractivity contribution in [2.24, 2.45) is 0 Å². The van der Waals surface area contributed by atoms with Gasteiger partial charge >= 0.3 is 24.3 Å². The molecule has 12 nitrogen and oxygen atoms in total. The Morgan fingerprint density at radius 1 is 1.02 bits per heavy atom. The second kappa shape index (κ2) is 12.8. The van der Waals surface area contributed by atoms with Gasteiger partial charge in [0.2, 0.25) is 0 Å². The van der Waals surface area contributed by atoms with Crippen LogP contribution in [0.1, 0.15) is 23.6 Å². The van der Waals surface area contributed by atoms with E-state index in [-0.39, 0.29) is 12.5 Å². The van der Waals surface area contributed by atoms with E-state index in [0.29, 0.717) is 5.56 Å². The Morgan fingerprint density at radius 3 is 2.20 bits per heavy atom. The molecule has 0 amide bonds. The van der Waals surface area contributed by atoms with Crippen LogP contribution in [0.4, 0.5) is 26.3 Å². The van der Waals surface area contributed by atoms with Crippen molar-refractivity contribution in [3.8, 4) is 23.4 Å². The predicted molar refractivity (Wildman–Crippen MR) is 120 cm³/mol. The minimum atomic E-state index is -5.08. The Kier molecular flexibility index (Phi) is 9.84. The molecule has 4 rings (SSSR count). The number of nitrogens with one attached hydrogen (secondary N) is 1. The summed E-state index contributed by atoms with van der Waals surface area (Å²) in [5.74, 6) is -5.51. The van der Waals surface area contributed by atoms with Crippen LogP contribution in [0.25, 0.3) is 22.3 Å². The average Bonchev–Trinajstić information content (AvgIpc) is 3.57. The Balaban J connectivity index is 0.000000333. The van der Waals surface area contributed by atoms with Crippen molar-refractivity contribution in [1.82, 2.24) is 29.7 Å². The van der Waals surface area contributed by atoms with E-state index >= 15 is 0 Å². The van der Waals surface area contributed by atoms with Crippen LogP contribution in [-0.4, -0.2) is 64.2 Å². The molecule has 0 aromatic carbocycles. The molecule has 3 N–H and O–H groups in total. The lowest BCUT2D eigenvalue weighted by molar-refractivity contribution is -0.193. The summed E-state index contributed by atoms with van der Waals surface area (Å²) in [5, 5.41) is 37.9. The fourth-order valence-corrected chi connectivity index (χ4v) is 2.88. The van der Waals surface area contributed by atoms with Gasteiger partial charge in [0, 0.05) is 35.7 Å². The van der Waals surface area contributed by atoms with Crippen molar-refractivity contribution in [3.63, 3.8) is 0 Å². The van der Waals surface area contributed by atoms with Crippen LogP contribution < -0.4 is 0 Å². The van der Waals surface area contributed by atoms with Crippen molar-refractivity contribution in [3.05, 3.63) is 60.6 Å². The number of hydrogen-bond donors (Lipinski definition) is 3. The molecule has 4 heterocycles. The molecule has 4 aromatic rings. The van der Waals surface area contributed by atoms with Gasteiger partial charge in [-0.2, -0.15) is 42.0 Å². The minimum Gasteiger partial charge on any atom is -0.475 e. The zero-order valence-electron chi connectivity index (χ0n) is 19.5. The Hall–Kier alpha value is -5.52. The first-order valence-corrected chi connectivity index (χ1v) is 10.3. The lowest BCUT2D eigenvalue weighted by Crippen LogP contribution is -2.21. The first-order valence-electron chi connectivity index (χ1n) is 10.3. The minimum absolute atomic E-state index is 0.209. The van der Waals surface area contributed by atoms with Crippen molar-refractivity contribution < 1.29 is 46.1 Å². The van der Waals surface area contributed by atoms with Crippen molar-refractivity contribution in [1.29, 1.82) is 10.5 Å². The molecule has 1 unspecified atom stereocenters. The van der Waals surface area contributed by atoms with Crippen molar-refractivity contribution >= 4 is 23.0 Å². The summed E-state index contributed by atoms with van der Waals surface area (Å²) in [5.41, 5.74) is 3.55. The quantitative estimate of drug-likeness (QED) is 0.304. The summed E-state index contributed by atoms with van der Waals surface area (Å²) in [6.07, 6.45) is 0.0468. The number of aromatic nitrogens is 6. The molecule has 0 aliphatic rings. The number of halogens is 6. The van der Waals surface area contributed by atoms with Crippen LogP contribution in [0.3, 0.4) is 0 Å². The summed E-state index contributed by atoms with van der Waals surface area (Å²) in [6, 6.07) is 7.55. The SMILES string of the molecule is N#CCC(c1cncc(C#N)c1)n1cc(-c2ncnc3[nH]ccc23)cn1.O=C(O)C(F)(F)F.O=C(O)C(F)(F)F. The molecule has 18 heteroatoms. The maximum atomic E-state index is 10.6. The number of hydrogen-bond acceptors (Lipinski definition) is 8. The summed E-state index contributed by atoms with van der Waals surface area (Å²) < 4.78 is 65.2. The van der Waals surface area contributed by atoms with E-state index in [1.165, 1.54) is 12.5 Å². The van der Waals surface area contributed by atoms with Gasteiger partial charge in [0.25, 0.3) is 0 Å². The lowest BCUT2D eigenvalue weighted by Gasteiger charge is -2.14. The predicted octanol–water partition coefficient (Wildman–Crippen LogP) is 3.86. The highest BCUT2D eigenvalue weighted by Gasteiger charge is 2.38. The van der Waals surface area contributed by atoms with E-state index < -0.39 is 24.3 Å². The van der Waals surface area contributed by atoms with Gasteiger partial charge in [0.1, 0.15) is 18.0 Å². The van der Waals surface area contributed by atoms with Crippen LogP contribution in [0, 0.1) is 22.7 Å². The molecule has 1 atom stereocenters. The van der Waals surface area contributed by atoms with Gasteiger partial charge in [0.15, 0.2) is 0 Å². The lowest BCUT2D eigenvalue weighted by atomic mass is 10.1. The molecular formula is C22H14F6N8O4. The number of aliphatic carboxylic acids is 2. The second-order valence-corrected chi connectivity index (χ2v) is 7.27. The third-order valence-corrected chi connectivity index (χ3v) is 4.59. The van der Waals surface area contributed by atoms with Gasteiger partial charge in [-0.25, -0.2) is 19.6 Å².